The molecule has 2 N–H and O–H groups in total. The van der Waals surface area contributed by atoms with E-state index in [4.69, 9.17) is 15.2 Å². The average molecular weight is 387 g/mol. The molecule has 0 fully saturated rings. The molecule has 0 saturated heterocycles. The highest BCUT2D eigenvalue weighted by Gasteiger charge is 2.24. The van der Waals surface area contributed by atoms with Gasteiger partial charge in [0.2, 0.25) is 5.91 Å². The van der Waals surface area contributed by atoms with E-state index in [0.717, 1.165) is 16.7 Å². The third kappa shape index (κ3) is 3.72. The highest BCUT2D eigenvalue weighted by molar-refractivity contribution is 6.00. The first-order valence-corrected chi connectivity index (χ1v) is 9.45. The van der Waals surface area contributed by atoms with Crippen molar-refractivity contribution >= 4 is 11.7 Å². The van der Waals surface area contributed by atoms with E-state index in [1.807, 2.05) is 55.5 Å². The van der Waals surface area contributed by atoms with E-state index in [2.05, 4.69) is 0 Å². The summed E-state index contributed by atoms with van der Waals surface area (Å²) in [7, 11) is 0. The predicted octanol–water partition coefficient (Wildman–Crippen LogP) is 4.23. The number of benzene rings is 3. The quantitative estimate of drug-likeness (QED) is 0.711. The van der Waals surface area contributed by atoms with Crippen molar-refractivity contribution in [1.82, 2.24) is 0 Å². The molecule has 0 bridgehead atoms. The number of primary amides is 1. The van der Waals surface area contributed by atoms with Crippen LogP contribution in [-0.4, -0.2) is 18.3 Å². The Hall–Kier alpha value is -3.60. The average Bonchev–Trinajstić information content (AvgIpc) is 2.74. The number of Topliss-reactive ketones (excluding diaryl/α,β-unsaturated/α-hetero) is 1. The van der Waals surface area contributed by atoms with E-state index in [0.29, 0.717) is 35.7 Å². The molecule has 1 atom stereocenters. The van der Waals surface area contributed by atoms with Gasteiger partial charge in [-0.15, -0.1) is 0 Å². The Morgan fingerprint density at radius 3 is 2.38 bits per heavy atom. The van der Waals surface area contributed by atoms with Crippen molar-refractivity contribution in [2.45, 2.75) is 19.4 Å². The summed E-state index contributed by atoms with van der Waals surface area (Å²) in [6, 6.07) is 20.5. The Kier molecular flexibility index (Phi) is 5.04. The van der Waals surface area contributed by atoms with Crippen molar-refractivity contribution in [2.24, 2.45) is 5.73 Å². The van der Waals surface area contributed by atoms with E-state index in [9.17, 15) is 9.59 Å². The van der Waals surface area contributed by atoms with E-state index >= 15 is 0 Å². The van der Waals surface area contributed by atoms with Crippen LogP contribution in [0, 0.1) is 6.92 Å². The number of amides is 1. The zero-order valence-corrected chi connectivity index (χ0v) is 16.1. The van der Waals surface area contributed by atoms with Crippen LogP contribution in [-0.2, 0) is 0 Å². The summed E-state index contributed by atoms with van der Waals surface area (Å²) in [5.74, 6) is 0.851. The second-order valence-electron chi connectivity index (χ2n) is 6.98. The van der Waals surface area contributed by atoms with Crippen molar-refractivity contribution < 1.29 is 19.1 Å². The largest absolute Gasteiger partial charge is 0.492 e. The lowest BCUT2D eigenvalue weighted by Gasteiger charge is -2.24. The molecule has 0 saturated carbocycles. The Balaban J connectivity index is 1.73. The van der Waals surface area contributed by atoms with Crippen molar-refractivity contribution in [3.63, 3.8) is 0 Å². The molecule has 146 valence electrons. The molecular weight excluding hydrogens is 366 g/mol. The second kappa shape index (κ2) is 7.80. The molecule has 1 aliphatic heterocycles. The predicted molar refractivity (Wildman–Crippen MR) is 109 cm³/mol. The second-order valence-corrected chi connectivity index (χ2v) is 6.98. The summed E-state index contributed by atoms with van der Waals surface area (Å²) in [5.41, 5.74) is 9.05. The SMILES string of the molecule is Cc1c(O[C@H](c2ccccc2)c2ccc(C(N)=O)cc2)ccc2c1OCCC2=O. The van der Waals surface area contributed by atoms with Crippen molar-refractivity contribution in [3.8, 4) is 11.5 Å². The molecule has 29 heavy (non-hydrogen) atoms. The molecule has 3 aromatic rings. The molecule has 0 aliphatic carbocycles. The zero-order valence-electron chi connectivity index (χ0n) is 16.1. The third-order valence-corrected chi connectivity index (χ3v) is 5.08. The molecule has 1 amide bonds. The summed E-state index contributed by atoms with van der Waals surface area (Å²) in [6.45, 7) is 2.28. The lowest BCUT2D eigenvalue weighted by molar-refractivity contribution is 0.0931. The number of hydrogen-bond donors (Lipinski definition) is 1. The highest BCUT2D eigenvalue weighted by Crippen LogP contribution is 2.38. The minimum absolute atomic E-state index is 0.0857. The van der Waals surface area contributed by atoms with Gasteiger partial charge < -0.3 is 15.2 Å². The molecule has 5 heteroatoms. The Labute approximate surface area is 169 Å². The monoisotopic (exact) mass is 387 g/mol. The maximum absolute atomic E-state index is 12.1. The lowest BCUT2D eigenvalue weighted by atomic mass is 9.98. The van der Waals surface area contributed by atoms with Gasteiger partial charge in [-0.05, 0) is 42.3 Å². The molecule has 1 heterocycles. The summed E-state index contributed by atoms with van der Waals surface area (Å²) < 4.78 is 12.2. The van der Waals surface area contributed by atoms with Gasteiger partial charge in [0.1, 0.15) is 17.6 Å². The lowest BCUT2D eigenvalue weighted by Crippen LogP contribution is -2.17. The number of rotatable bonds is 5. The minimum Gasteiger partial charge on any atom is -0.492 e. The first kappa shape index (κ1) is 18.7. The normalized spacial score (nSPS) is 13.9. The number of fused-ring (bicyclic) bond motifs is 1. The summed E-state index contributed by atoms with van der Waals surface area (Å²) >= 11 is 0. The Bertz CT molecular complexity index is 1060. The van der Waals surface area contributed by atoms with Gasteiger partial charge in [0.25, 0.3) is 0 Å². The van der Waals surface area contributed by atoms with Gasteiger partial charge in [-0.25, -0.2) is 0 Å². The van der Waals surface area contributed by atoms with Crippen molar-refractivity contribution in [3.05, 3.63) is 94.5 Å². The number of carbonyl (C=O) groups is 2. The molecule has 4 rings (SSSR count). The molecule has 5 nitrogen and oxygen atoms in total. The molecule has 0 aromatic heterocycles. The van der Waals surface area contributed by atoms with Crippen LogP contribution in [0.1, 0.15) is 49.9 Å². The highest BCUT2D eigenvalue weighted by atomic mass is 16.5. The molecule has 0 unspecified atom stereocenters. The maximum Gasteiger partial charge on any atom is 0.248 e. The molecule has 1 aliphatic rings. The van der Waals surface area contributed by atoms with Crippen LogP contribution >= 0.6 is 0 Å². The van der Waals surface area contributed by atoms with Gasteiger partial charge in [-0.1, -0.05) is 42.5 Å². The van der Waals surface area contributed by atoms with Gasteiger partial charge in [0.15, 0.2) is 5.78 Å². The summed E-state index contributed by atoms with van der Waals surface area (Å²) in [6.07, 6.45) is 0.0000529. The van der Waals surface area contributed by atoms with Crippen molar-refractivity contribution in [1.29, 1.82) is 0 Å². The number of carbonyl (C=O) groups excluding carboxylic acids is 2. The van der Waals surface area contributed by atoms with Gasteiger partial charge in [-0.3, -0.25) is 9.59 Å². The van der Waals surface area contributed by atoms with Gasteiger partial charge in [-0.2, -0.15) is 0 Å². The van der Waals surface area contributed by atoms with Crippen LogP contribution < -0.4 is 15.2 Å². The zero-order chi connectivity index (χ0) is 20.4. The number of ether oxygens (including phenoxy) is 2. The van der Waals surface area contributed by atoms with Gasteiger partial charge in [0.05, 0.1) is 12.2 Å². The molecular formula is C24H21NO4. The van der Waals surface area contributed by atoms with Crippen LogP contribution in [0.15, 0.2) is 66.7 Å². The van der Waals surface area contributed by atoms with Crippen LogP contribution in [0.25, 0.3) is 0 Å². The fourth-order valence-electron chi connectivity index (χ4n) is 3.49. The Morgan fingerprint density at radius 1 is 1.00 bits per heavy atom. The number of nitrogens with two attached hydrogens (primary N) is 1. The van der Waals surface area contributed by atoms with Crippen LogP contribution in [0.2, 0.25) is 0 Å². The molecule has 0 radical (unpaired) electrons. The van der Waals surface area contributed by atoms with Gasteiger partial charge in [0, 0.05) is 17.5 Å². The Morgan fingerprint density at radius 2 is 1.69 bits per heavy atom. The van der Waals surface area contributed by atoms with E-state index in [1.54, 1.807) is 18.2 Å². The fourth-order valence-corrected chi connectivity index (χ4v) is 3.49. The smallest absolute Gasteiger partial charge is 0.248 e. The van der Waals surface area contributed by atoms with E-state index < -0.39 is 12.0 Å². The molecule has 0 spiro atoms. The van der Waals surface area contributed by atoms with Crippen LogP contribution in [0.4, 0.5) is 0 Å². The topological polar surface area (TPSA) is 78.6 Å². The number of ketones is 1. The standard InChI is InChI=1S/C24H21NO4/c1-15-21(12-11-19-20(26)13-14-28-22(15)19)29-23(16-5-3-2-4-6-16)17-7-9-18(10-8-17)24(25)27/h2-12,23H,13-14H2,1H3,(H2,25,27)/t23-/m1/s1. The van der Waals surface area contributed by atoms with E-state index in [1.165, 1.54) is 0 Å². The number of hydrogen-bond acceptors (Lipinski definition) is 4. The third-order valence-electron chi connectivity index (χ3n) is 5.08. The first-order chi connectivity index (χ1) is 14.0. The molecule has 3 aromatic carbocycles. The van der Waals surface area contributed by atoms with E-state index in [-0.39, 0.29) is 5.78 Å². The van der Waals surface area contributed by atoms with Crippen molar-refractivity contribution in [2.75, 3.05) is 6.61 Å². The fraction of sp³-hybridized carbons (Fsp3) is 0.167. The summed E-state index contributed by atoms with van der Waals surface area (Å²) in [5, 5.41) is 0. The van der Waals surface area contributed by atoms with Crippen LogP contribution in [0.5, 0.6) is 11.5 Å². The maximum atomic E-state index is 12.1. The first-order valence-electron chi connectivity index (χ1n) is 9.45. The summed E-state index contributed by atoms with van der Waals surface area (Å²) in [4.78, 5) is 23.5. The van der Waals surface area contributed by atoms with Gasteiger partial charge >= 0.3 is 0 Å². The van der Waals surface area contributed by atoms with Crippen LogP contribution in [0.3, 0.4) is 0 Å². The minimum atomic E-state index is -0.471.